The molecule has 0 N–H and O–H groups in total. The summed E-state index contributed by atoms with van der Waals surface area (Å²) in [5.41, 5.74) is 2.23. The van der Waals surface area contributed by atoms with Crippen LogP contribution in [-0.2, 0) is 9.59 Å². The molecule has 0 radical (unpaired) electrons. The van der Waals surface area contributed by atoms with Crippen molar-refractivity contribution in [1.82, 2.24) is 14.5 Å². The monoisotopic (exact) mass is 368 g/mol. The summed E-state index contributed by atoms with van der Waals surface area (Å²) in [4.78, 5) is 35.9. The molecule has 3 heterocycles. The highest BCUT2D eigenvalue weighted by atomic mass is 16.2. The zero-order valence-corrected chi connectivity index (χ0v) is 14.9. The Morgan fingerprint density at radius 1 is 0.857 bits per heavy atom. The molecule has 4 aromatic rings. The maximum atomic E-state index is 13.2. The van der Waals surface area contributed by atoms with E-state index in [2.05, 4.69) is 9.97 Å². The third kappa shape index (κ3) is 2.50. The minimum atomic E-state index is -0.580. The molecule has 0 spiro atoms. The van der Waals surface area contributed by atoms with Crippen LogP contribution in [0.25, 0.3) is 16.9 Å². The normalized spacial score (nSPS) is 16.9. The lowest BCUT2D eigenvalue weighted by atomic mass is 10.0. The van der Waals surface area contributed by atoms with E-state index in [1.807, 2.05) is 53.1 Å². The average Bonchev–Trinajstić information content (AvgIpc) is 3.26. The number of benzene rings is 2. The standard InChI is InChI=1S/C22H16N4O2/c27-20-14-17(21(28)25(20)16-8-2-1-3-9-16)19-13-15-7-4-5-10-18(15)26(19)22-23-11-6-12-24-22/h1-13,17H,14H2/t17-/m1/s1. The first-order chi connectivity index (χ1) is 13.7. The van der Waals surface area contributed by atoms with Gasteiger partial charge in [-0.2, -0.15) is 0 Å². The van der Waals surface area contributed by atoms with Crippen LogP contribution in [0.15, 0.2) is 79.1 Å². The molecule has 1 aliphatic rings. The highest BCUT2D eigenvalue weighted by Gasteiger charge is 2.42. The Labute approximate surface area is 161 Å². The van der Waals surface area contributed by atoms with Gasteiger partial charge >= 0.3 is 0 Å². The van der Waals surface area contributed by atoms with Crippen molar-refractivity contribution in [1.29, 1.82) is 0 Å². The fourth-order valence-electron chi connectivity index (χ4n) is 3.77. The van der Waals surface area contributed by atoms with Gasteiger partial charge in [0.2, 0.25) is 17.8 Å². The number of carbonyl (C=O) groups excluding carboxylic acids is 2. The molecule has 28 heavy (non-hydrogen) atoms. The molecule has 0 aliphatic carbocycles. The zero-order chi connectivity index (χ0) is 19.1. The van der Waals surface area contributed by atoms with Crippen LogP contribution in [0.1, 0.15) is 18.0 Å². The van der Waals surface area contributed by atoms with Crippen LogP contribution >= 0.6 is 0 Å². The van der Waals surface area contributed by atoms with E-state index in [1.165, 1.54) is 4.90 Å². The maximum absolute atomic E-state index is 13.2. The third-order valence-corrected chi connectivity index (χ3v) is 5.01. The van der Waals surface area contributed by atoms with Crippen LogP contribution in [0.3, 0.4) is 0 Å². The van der Waals surface area contributed by atoms with Gasteiger partial charge in [-0.3, -0.25) is 14.2 Å². The second kappa shape index (κ2) is 6.42. The van der Waals surface area contributed by atoms with Gasteiger partial charge in [0, 0.05) is 29.9 Å². The molecular weight excluding hydrogens is 352 g/mol. The Morgan fingerprint density at radius 3 is 2.36 bits per heavy atom. The smallest absolute Gasteiger partial charge is 0.243 e. The molecule has 1 atom stereocenters. The van der Waals surface area contributed by atoms with Gasteiger partial charge in [-0.15, -0.1) is 0 Å². The van der Waals surface area contributed by atoms with Gasteiger partial charge in [-0.05, 0) is 30.3 Å². The van der Waals surface area contributed by atoms with Crippen molar-refractivity contribution in [2.45, 2.75) is 12.3 Å². The predicted octanol–water partition coefficient (Wildman–Crippen LogP) is 3.47. The Bertz CT molecular complexity index is 1190. The van der Waals surface area contributed by atoms with E-state index in [0.29, 0.717) is 11.6 Å². The number of carbonyl (C=O) groups is 2. The molecule has 6 heteroatoms. The van der Waals surface area contributed by atoms with E-state index < -0.39 is 5.92 Å². The Morgan fingerprint density at radius 2 is 1.57 bits per heavy atom. The molecule has 1 fully saturated rings. The zero-order valence-electron chi connectivity index (χ0n) is 14.9. The number of fused-ring (bicyclic) bond motifs is 1. The van der Waals surface area contributed by atoms with Crippen LogP contribution in [0.5, 0.6) is 0 Å². The van der Waals surface area contributed by atoms with Gasteiger partial charge in [0.25, 0.3) is 0 Å². The second-order valence-corrected chi connectivity index (χ2v) is 6.67. The van der Waals surface area contributed by atoms with Crippen molar-refractivity contribution in [3.63, 3.8) is 0 Å². The third-order valence-electron chi connectivity index (χ3n) is 5.01. The molecule has 0 unspecified atom stereocenters. The number of hydrogen-bond donors (Lipinski definition) is 0. The Balaban J connectivity index is 1.66. The lowest BCUT2D eigenvalue weighted by Gasteiger charge is -2.16. The highest BCUT2D eigenvalue weighted by Crippen LogP contribution is 2.36. The molecule has 0 bridgehead atoms. The first kappa shape index (κ1) is 16.4. The molecule has 2 aromatic heterocycles. The molecule has 6 nitrogen and oxygen atoms in total. The summed E-state index contributed by atoms with van der Waals surface area (Å²) in [6, 6.07) is 20.6. The quantitative estimate of drug-likeness (QED) is 0.519. The summed E-state index contributed by atoms with van der Waals surface area (Å²) in [5.74, 6) is -0.524. The van der Waals surface area contributed by atoms with E-state index in [0.717, 1.165) is 16.6 Å². The highest BCUT2D eigenvalue weighted by molar-refractivity contribution is 6.22. The van der Waals surface area contributed by atoms with Crippen molar-refractivity contribution in [3.05, 3.63) is 84.8 Å². The van der Waals surface area contributed by atoms with E-state index in [9.17, 15) is 9.59 Å². The van der Waals surface area contributed by atoms with E-state index >= 15 is 0 Å². The Hall–Kier alpha value is -3.80. The van der Waals surface area contributed by atoms with Crippen molar-refractivity contribution in [2.24, 2.45) is 0 Å². The molecule has 1 aliphatic heterocycles. The second-order valence-electron chi connectivity index (χ2n) is 6.67. The summed E-state index contributed by atoms with van der Waals surface area (Å²) >= 11 is 0. The van der Waals surface area contributed by atoms with Crippen LogP contribution in [-0.4, -0.2) is 26.3 Å². The van der Waals surface area contributed by atoms with Gasteiger partial charge in [0.1, 0.15) is 0 Å². The number of amides is 2. The van der Waals surface area contributed by atoms with Crippen molar-refractivity contribution < 1.29 is 9.59 Å². The summed E-state index contributed by atoms with van der Waals surface area (Å²) < 4.78 is 1.87. The van der Waals surface area contributed by atoms with Gasteiger partial charge in [-0.25, -0.2) is 14.9 Å². The lowest BCUT2D eigenvalue weighted by molar-refractivity contribution is -0.121. The SMILES string of the molecule is O=C1C[C@H](c2cc3ccccc3n2-c2ncccn2)C(=O)N1c1ccccc1. The fourth-order valence-corrected chi connectivity index (χ4v) is 3.77. The number of hydrogen-bond acceptors (Lipinski definition) is 4. The first-order valence-electron chi connectivity index (χ1n) is 9.03. The fraction of sp³-hybridized carbons (Fsp3) is 0.0909. The van der Waals surface area contributed by atoms with Crippen LogP contribution < -0.4 is 4.90 Å². The van der Waals surface area contributed by atoms with Crippen LogP contribution in [0.2, 0.25) is 0 Å². The summed E-state index contributed by atoms with van der Waals surface area (Å²) in [6.45, 7) is 0. The van der Waals surface area contributed by atoms with Crippen molar-refractivity contribution >= 4 is 28.4 Å². The number of imide groups is 1. The van der Waals surface area contributed by atoms with Gasteiger partial charge in [-0.1, -0.05) is 36.4 Å². The molecule has 5 rings (SSSR count). The largest absolute Gasteiger partial charge is 0.282 e. The lowest BCUT2D eigenvalue weighted by Crippen LogP contribution is -2.30. The molecule has 2 amide bonds. The van der Waals surface area contributed by atoms with E-state index in [-0.39, 0.29) is 18.2 Å². The minimum Gasteiger partial charge on any atom is -0.282 e. The summed E-state index contributed by atoms with van der Waals surface area (Å²) in [5, 5.41) is 0.975. The first-order valence-corrected chi connectivity index (χ1v) is 9.03. The number of nitrogens with zero attached hydrogens (tertiary/aromatic N) is 4. The Kier molecular flexibility index (Phi) is 3.76. The van der Waals surface area contributed by atoms with Crippen molar-refractivity contribution in [2.75, 3.05) is 4.90 Å². The molecule has 0 saturated carbocycles. The topological polar surface area (TPSA) is 68.1 Å². The summed E-state index contributed by atoms with van der Waals surface area (Å²) in [6.07, 6.45) is 3.45. The number of para-hydroxylation sites is 2. The molecule has 1 saturated heterocycles. The minimum absolute atomic E-state index is 0.122. The van der Waals surface area contributed by atoms with E-state index in [4.69, 9.17) is 0 Å². The molecular formula is C22H16N4O2. The van der Waals surface area contributed by atoms with Crippen LogP contribution in [0, 0.1) is 0 Å². The van der Waals surface area contributed by atoms with Gasteiger partial charge in [0.05, 0.1) is 17.1 Å². The molecule has 2 aromatic carbocycles. The van der Waals surface area contributed by atoms with Gasteiger partial charge < -0.3 is 0 Å². The van der Waals surface area contributed by atoms with E-state index in [1.54, 1.807) is 30.6 Å². The maximum Gasteiger partial charge on any atom is 0.243 e. The number of anilines is 1. The average molecular weight is 368 g/mol. The van der Waals surface area contributed by atoms with Gasteiger partial charge in [0.15, 0.2) is 0 Å². The van der Waals surface area contributed by atoms with Crippen molar-refractivity contribution in [3.8, 4) is 5.95 Å². The molecule has 136 valence electrons. The summed E-state index contributed by atoms with van der Waals surface area (Å²) in [7, 11) is 0. The van der Waals surface area contributed by atoms with Crippen LogP contribution in [0.4, 0.5) is 5.69 Å². The number of rotatable bonds is 3. The number of aromatic nitrogens is 3. The predicted molar refractivity (Wildman–Crippen MR) is 105 cm³/mol.